The van der Waals surface area contributed by atoms with E-state index in [2.05, 4.69) is 55.3 Å². The maximum atomic E-state index is 4.38. The highest BCUT2D eigenvalue weighted by atomic mass is 127. The highest BCUT2D eigenvalue weighted by Crippen LogP contribution is 2.19. The van der Waals surface area contributed by atoms with Crippen LogP contribution < -0.4 is 10.6 Å². The van der Waals surface area contributed by atoms with Crippen LogP contribution in [0.25, 0.3) is 0 Å². The normalized spacial score (nSPS) is 10.2. The molecule has 0 atom stereocenters. The number of halogens is 1. The van der Waals surface area contributed by atoms with Crippen LogP contribution >= 0.6 is 22.6 Å². The van der Waals surface area contributed by atoms with Gasteiger partial charge in [0.25, 0.3) is 0 Å². The molecule has 1 heterocycles. The molecule has 0 fully saturated rings. The minimum atomic E-state index is 0.751. The van der Waals surface area contributed by atoms with Crippen molar-refractivity contribution < 1.29 is 0 Å². The van der Waals surface area contributed by atoms with Gasteiger partial charge < -0.3 is 10.6 Å². The summed E-state index contributed by atoms with van der Waals surface area (Å²) in [5.74, 6) is 2.40. The van der Waals surface area contributed by atoms with Crippen molar-refractivity contribution in [3.05, 3.63) is 39.7 Å². The molecule has 0 aliphatic carbocycles. The molecule has 1 aromatic carbocycles. The molecule has 2 rings (SSSR count). The summed E-state index contributed by atoms with van der Waals surface area (Å²) in [5.41, 5.74) is 1.03. The zero-order chi connectivity index (χ0) is 13.0. The monoisotopic (exact) mass is 354 g/mol. The number of benzene rings is 1. The standard InChI is InChI=1S/C13H15IN4/c1-3-15-12-8-13(17-9(2)16-12)18-11-6-4-5-10(14)7-11/h4-8H,3H2,1-2H3,(H2,15,16,17,18). The summed E-state index contributed by atoms with van der Waals surface area (Å²) in [6.45, 7) is 4.78. The molecule has 0 aliphatic heterocycles. The van der Waals surface area contributed by atoms with Crippen LogP contribution in [0.5, 0.6) is 0 Å². The second-order valence-electron chi connectivity index (χ2n) is 3.85. The van der Waals surface area contributed by atoms with E-state index in [4.69, 9.17) is 0 Å². The Bertz CT molecular complexity index is 542. The first-order valence-corrected chi connectivity index (χ1v) is 6.87. The Kier molecular flexibility index (Phi) is 4.35. The van der Waals surface area contributed by atoms with Crippen LogP contribution in [0.15, 0.2) is 30.3 Å². The lowest BCUT2D eigenvalue weighted by molar-refractivity contribution is 1.04. The molecule has 0 radical (unpaired) electrons. The van der Waals surface area contributed by atoms with Crippen molar-refractivity contribution in [3.8, 4) is 0 Å². The minimum Gasteiger partial charge on any atom is -0.370 e. The fourth-order valence-corrected chi connectivity index (χ4v) is 2.16. The Hall–Kier alpha value is -1.37. The Morgan fingerprint density at radius 2 is 1.94 bits per heavy atom. The summed E-state index contributed by atoms with van der Waals surface area (Å²) >= 11 is 2.29. The molecule has 4 nitrogen and oxygen atoms in total. The van der Waals surface area contributed by atoms with Gasteiger partial charge in [0.1, 0.15) is 17.5 Å². The summed E-state index contributed by atoms with van der Waals surface area (Å²) in [4.78, 5) is 8.70. The zero-order valence-electron chi connectivity index (χ0n) is 10.4. The number of hydrogen-bond donors (Lipinski definition) is 2. The third-order valence-electron chi connectivity index (χ3n) is 2.29. The summed E-state index contributed by atoms with van der Waals surface area (Å²) in [6.07, 6.45) is 0. The maximum absolute atomic E-state index is 4.38. The van der Waals surface area contributed by atoms with Crippen LogP contribution in [0.1, 0.15) is 12.7 Å². The molecule has 0 saturated heterocycles. The van der Waals surface area contributed by atoms with Crippen LogP contribution in [0.3, 0.4) is 0 Å². The molecule has 0 bridgehead atoms. The summed E-state index contributed by atoms with van der Waals surface area (Å²) in [7, 11) is 0. The molecule has 2 aromatic rings. The van der Waals surface area contributed by atoms with E-state index >= 15 is 0 Å². The average molecular weight is 354 g/mol. The predicted molar refractivity (Wildman–Crippen MR) is 83.4 cm³/mol. The fourth-order valence-electron chi connectivity index (χ4n) is 1.62. The molecular weight excluding hydrogens is 339 g/mol. The van der Waals surface area contributed by atoms with Gasteiger partial charge >= 0.3 is 0 Å². The number of anilines is 3. The minimum absolute atomic E-state index is 0.751. The lowest BCUT2D eigenvalue weighted by Crippen LogP contribution is -2.04. The van der Waals surface area contributed by atoms with E-state index in [1.54, 1.807) is 0 Å². The van der Waals surface area contributed by atoms with Gasteiger partial charge in [0, 0.05) is 21.9 Å². The smallest absolute Gasteiger partial charge is 0.136 e. The number of rotatable bonds is 4. The number of hydrogen-bond acceptors (Lipinski definition) is 4. The van der Waals surface area contributed by atoms with E-state index in [1.807, 2.05) is 32.0 Å². The van der Waals surface area contributed by atoms with Gasteiger partial charge in [0.05, 0.1) is 0 Å². The molecule has 0 amide bonds. The lowest BCUT2D eigenvalue weighted by atomic mass is 10.3. The third-order valence-corrected chi connectivity index (χ3v) is 2.96. The van der Waals surface area contributed by atoms with Crippen molar-refractivity contribution in [2.24, 2.45) is 0 Å². The Labute approximate surface area is 120 Å². The van der Waals surface area contributed by atoms with Crippen LogP contribution in [0, 0.1) is 10.5 Å². The summed E-state index contributed by atoms with van der Waals surface area (Å²) in [6, 6.07) is 10.1. The first-order valence-electron chi connectivity index (χ1n) is 5.79. The Morgan fingerprint density at radius 1 is 1.17 bits per heavy atom. The second kappa shape index (κ2) is 5.99. The van der Waals surface area contributed by atoms with Crippen molar-refractivity contribution >= 4 is 39.9 Å². The Balaban J connectivity index is 2.23. The molecule has 18 heavy (non-hydrogen) atoms. The lowest BCUT2D eigenvalue weighted by Gasteiger charge is -2.09. The molecule has 0 aliphatic rings. The van der Waals surface area contributed by atoms with E-state index in [-0.39, 0.29) is 0 Å². The van der Waals surface area contributed by atoms with Crippen LogP contribution in [0.4, 0.5) is 17.3 Å². The van der Waals surface area contributed by atoms with Gasteiger partial charge in [-0.15, -0.1) is 0 Å². The van der Waals surface area contributed by atoms with Crippen molar-refractivity contribution in [2.75, 3.05) is 17.2 Å². The molecular formula is C13H15IN4. The van der Waals surface area contributed by atoms with Crippen molar-refractivity contribution in [3.63, 3.8) is 0 Å². The van der Waals surface area contributed by atoms with Crippen LogP contribution in [-0.4, -0.2) is 16.5 Å². The molecule has 5 heteroatoms. The second-order valence-corrected chi connectivity index (χ2v) is 5.10. The third kappa shape index (κ3) is 3.56. The van der Waals surface area contributed by atoms with E-state index in [0.717, 1.165) is 29.7 Å². The molecule has 94 valence electrons. The number of nitrogens with one attached hydrogen (secondary N) is 2. The fraction of sp³-hybridized carbons (Fsp3) is 0.231. The molecule has 0 spiro atoms. The van der Waals surface area contributed by atoms with Crippen LogP contribution in [0.2, 0.25) is 0 Å². The SMILES string of the molecule is CCNc1cc(Nc2cccc(I)c2)nc(C)n1. The number of aromatic nitrogens is 2. The molecule has 1 aromatic heterocycles. The Morgan fingerprint density at radius 3 is 2.67 bits per heavy atom. The molecule has 0 saturated carbocycles. The topological polar surface area (TPSA) is 49.8 Å². The highest BCUT2D eigenvalue weighted by Gasteiger charge is 2.02. The first-order chi connectivity index (χ1) is 8.67. The predicted octanol–water partition coefficient (Wildman–Crippen LogP) is 3.57. The van der Waals surface area contributed by atoms with Gasteiger partial charge in [-0.1, -0.05) is 6.07 Å². The van der Waals surface area contributed by atoms with E-state index in [9.17, 15) is 0 Å². The van der Waals surface area contributed by atoms with Gasteiger partial charge in [0.15, 0.2) is 0 Å². The van der Waals surface area contributed by atoms with Crippen LogP contribution in [-0.2, 0) is 0 Å². The first kappa shape index (κ1) is 13.1. The highest BCUT2D eigenvalue weighted by molar-refractivity contribution is 14.1. The van der Waals surface area contributed by atoms with Gasteiger partial charge in [0.2, 0.25) is 0 Å². The van der Waals surface area contributed by atoms with E-state index in [1.165, 1.54) is 3.57 Å². The molecule has 2 N–H and O–H groups in total. The van der Waals surface area contributed by atoms with E-state index in [0.29, 0.717) is 0 Å². The van der Waals surface area contributed by atoms with Crippen molar-refractivity contribution in [2.45, 2.75) is 13.8 Å². The zero-order valence-corrected chi connectivity index (χ0v) is 12.5. The average Bonchev–Trinajstić information content (AvgIpc) is 2.28. The van der Waals surface area contributed by atoms with Gasteiger partial charge in [-0.05, 0) is 54.6 Å². The van der Waals surface area contributed by atoms with Crippen molar-refractivity contribution in [1.29, 1.82) is 0 Å². The number of aryl methyl sites for hydroxylation is 1. The quantitative estimate of drug-likeness (QED) is 0.825. The number of nitrogens with zero attached hydrogens (tertiary/aromatic N) is 2. The van der Waals surface area contributed by atoms with E-state index < -0.39 is 0 Å². The summed E-state index contributed by atoms with van der Waals surface area (Å²) < 4.78 is 1.19. The van der Waals surface area contributed by atoms with Gasteiger partial charge in [-0.2, -0.15) is 0 Å². The largest absolute Gasteiger partial charge is 0.370 e. The van der Waals surface area contributed by atoms with Gasteiger partial charge in [-0.25, -0.2) is 9.97 Å². The van der Waals surface area contributed by atoms with Gasteiger partial charge in [-0.3, -0.25) is 0 Å². The summed E-state index contributed by atoms with van der Waals surface area (Å²) in [5, 5.41) is 6.48. The van der Waals surface area contributed by atoms with Crippen molar-refractivity contribution in [1.82, 2.24) is 9.97 Å². The maximum Gasteiger partial charge on any atom is 0.136 e. The molecule has 0 unspecified atom stereocenters.